The van der Waals surface area contributed by atoms with Crippen molar-refractivity contribution in [1.82, 2.24) is 20.7 Å². The summed E-state index contributed by atoms with van der Waals surface area (Å²) in [4.78, 5) is 27.9. The SMILES string of the molecule is Cc1ccc(I)cc1N(CC(=O)NCCNC(C)C)CC(=O)N(C)N1Cc2ccccc2C1. The van der Waals surface area contributed by atoms with Gasteiger partial charge < -0.3 is 15.5 Å². The van der Waals surface area contributed by atoms with E-state index in [0.29, 0.717) is 32.2 Å². The number of hydrogen-bond donors (Lipinski definition) is 2. The fraction of sp³-hybridized carbons (Fsp3) is 0.440. The average Bonchev–Trinajstić information content (AvgIpc) is 3.21. The molecule has 0 saturated carbocycles. The van der Waals surface area contributed by atoms with E-state index in [-0.39, 0.29) is 24.9 Å². The van der Waals surface area contributed by atoms with Crippen LogP contribution in [0, 0.1) is 10.5 Å². The fourth-order valence-electron chi connectivity index (χ4n) is 3.89. The van der Waals surface area contributed by atoms with Crippen LogP contribution in [0.4, 0.5) is 5.69 Å². The molecule has 0 spiro atoms. The lowest BCUT2D eigenvalue weighted by Crippen LogP contribution is -2.48. The van der Waals surface area contributed by atoms with Crippen LogP contribution in [-0.2, 0) is 22.7 Å². The van der Waals surface area contributed by atoms with E-state index in [4.69, 9.17) is 0 Å². The summed E-state index contributed by atoms with van der Waals surface area (Å²) in [6, 6.07) is 14.7. The van der Waals surface area contributed by atoms with E-state index in [0.717, 1.165) is 14.8 Å². The number of halogens is 1. The number of fused-ring (bicyclic) bond motifs is 1. The smallest absolute Gasteiger partial charge is 0.256 e. The van der Waals surface area contributed by atoms with Crippen LogP contribution in [0.5, 0.6) is 0 Å². The second-order valence-electron chi connectivity index (χ2n) is 8.75. The zero-order chi connectivity index (χ0) is 24.0. The number of carbonyl (C=O) groups is 2. The molecule has 178 valence electrons. The van der Waals surface area contributed by atoms with Crippen molar-refractivity contribution < 1.29 is 9.59 Å². The van der Waals surface area contributed by atoms with Crippen LogP contribution in [0.2, 0.25) is 0 Å². The third-order valence-corrected chi connectivity index (χ3v) is 6.45. The van der Waals surface area contributed by atoms with Gasteiger partial charge in [-0.25, -0.2) is 5.01 Å². The first-order chi connectivity index (χ1) is 15.7. The number of nitrogens with one attached hydrogen (secondary N) is 2. The van der Waals surface area contributed by atoms with Crippen molar-refractivity contribution in [2.75, 3.05) is 38.1 Å². The van der Waals surface area contributed by atoms with Crippen LogP contribution in [-0.4, -0.2) is 61.1 Å². The highest BCUT2D eigenvalue weighted by Crippen LogP contribution is 2.25. The Labute approximate surface area is 210 Å². The van der Waals surface area contributed by atoms with Crippen molar-refractivity contribution in [3.05, 3.63) is 62.7 Å². The molecule has 1 heterocycles. The number of amides is 2. The van der Waals surface area contributed by atoms with E-state index in [1.807, 2.05) is 54.2 Å². The molecule has 0 aliphatic carbocycles. The van der Waals surface area contributed by atoms with Gasteiger partial charge in [-0.15, -0.1) is 0 Å². The number of carbonyl (C=O) groups excluding carboxylic acids is 2. The summed E-state index contributed by atoms with van der Waals surface area (Å²) in [7, 11) is 1.81. The van der Waals surface area contributed by atoms with Gasteiger partial charge in [0.05, 0.1) is 13.1 Å². The van der Waals surface area contributed by atoms with E-state index < -0.39 is 0 Å². The van der Waals surface area contributed by atoms with Crippen LogP contribution in [0.1, 0.15) is 30.5 Å². The standard InChI is InChI=1S/C25H34IN5O2/c1-18(2)27-11-12-28-24(32)16-30(23-13-22(26)10-9-19(23)3)17-25(33)29(4)31-14-20-7-5-6-8-21(20)15-31/h5-10,13,18,27H,11-12,14-17H2,1-4H3,(H,28,32). The molecule has 0 saturated heterocycles. The molecule has 1 aliphatic heterocycles. The first-order valence-corrected chi connectivity index (χ1v) is 12.4. The van der Waals surface area contributed by atoms with Crippen LogP contribution in [0.3, 0.4) is 0 Å². The van der Waals surface area contributed by atoms with Gasteiger partial charge in [-0.2, -0.15) is 0 Å². The summed E-state index contributed by atoms with van der Waals surface area (Å²) in [6.07, 6.45) is 0. The molecule has 0 aromatic heterocycles. The lowest BCUT2D eigenvalue weighted by molar-refractivity contribution is -0.145. The number of likely N-dealkylation sites (N-methyl/N-ethyl adjacent to an activating group) is 1. The molecule has 0 atom stereocenters. The lowest BCUT2D eigenvalue weighted by atomic mass is 10.1. The van der Waals surface area contributed by atoms with Gasteiger partial charge in [-0.1, -0.05) is 44.2 Å². The monoisotopic (exact) mass is 563 g/mol. The Hall–Kier alpha value is -2.17. The summed E-state index contributed by atoms with van der Waals surface area (Å²) in [5, 5.41) is 10.00. The first kappa shape index (κ1) is 25.5. The first-order valence-electron chi connectivity index (χ1n) is 11.3. The summed E-state index contributed by atoms with van der Waals surface area (Å²) >= 11 is 2.26. The molecule has 0 bridgehead atoms. The number of nitrogens with zero attached hydrogens (tertiary/aromatic N) is 3. The van der Waals surface area contributed by atoms with Gasteiger partial charge in [-0.3, -0.25) is 14.6 Å². The molecule has 8 heteroatoms. The molecule has 2 aromatic rings. The summed E-state index contributed by atoms with van der Waals surface area (Å²) in [5.41, 5.74) is 4.44. The second kappa shape index (κ2) is 11.8. The van der Waals surface area contributed by atoms with Crippen molar-refractivity contribution in [3.8, 4) is 0 Å². The Morgan fingerprint density at radius 1 is 1.06 bits per heavy atom. The van der Waals surface area contributed by atoms with Gasteiger partial charge in [-0.05, 0) is 58.3 Å². The van der Waals surface area contributed by atoms with Crippen molar-refractivity contribution in [1.29, 1.82) is 0 Å². The predicted octanol–water partition coefficient (Wildman–Crippen LogP) is 2.91. The van der Waals surface area contributed by atoms with E-state index in [1.165, 1.54) is 11.1 Å². The number of hydrazine groups is 1. The zero-order valence-electron chi connectivity index (χ0n) is 19.9. The van der Waals surface area contributed by atoms with Gasteiger partial charge in [0.1, 0.15) is 0 Å². The third-order valence-electron chi connectivity index (χ3n) is 5.78. The predicted molar refractivity (Wildman–Crippen MR) is 141 cm³/mol. The maximum Gasteiger partial charge on any atom is 0.256 e. The summed E-state index contributed by atoms with van der Waals surface area (Å²) in [6.45, 7) is 9.10. The third kappa shape index (κ3) is 7.15. The number of benzene rings is 2. The van der Waals surface area contributed by atoms with Crippen LogP contribution < -0.4 is 15.5 Å². The molecule has 0 unspecified atom stereocenters. The summed E-state index contributed by atoms with van der Waals surface area (Å²) < 4.78 is 1.07. The average molecular weight is 563 g/mol. The number of hydrogen-bond acceptors (Lipinski definition) is 5. The topological polar surface area (TPSA) is 67.9 Å². The second-order valence-corrected chi connectivity index (χ2v) is 10.0. The Morgan fingerprint density at radius 3 is 2.36 bits per heavy atom. The van der Waals surface area contributed by atoms with Gasteiger partial charge in [0.2, 0.25) is 5.91 Å². The Morgan fingerprint density at radius 2 is 1.73 bits per heavy atom. The Balaban J connectivity index is 1.68. The lowest BCUT2D eigenvalue weighted by Gasteiger charge is -2.32. The van der Waals surface area contributed by atoms with E-state index in [2.05, 4.69) is 59.2 Å². The maximum atomic E-state index is 13.3. The normalized spacial score (nSPS) is 13.2. The minimum absolute atomic E-state index is 0.0460. The molecule has 2 amide bonds. The van der Waals surface area contributed by atoms with Crippen LogP contribution in [0.15, 0.2) is 42.5 Å². The van der Waals surface area contributed by atoms with E-state index >= 15 is 0 Å². The largest absolute Gasteiger partial charge is 0.353 e. The molecular weight excluding hydrogens is 529 g/mol. The molecule has 0 radical (unpaired) electrons. The van der Waals surface area contributed by atoms with Crippen molar-refractivity contribution >= 4 is 40.1 Å². The zero-order valence-corrected chi connectivity index (χ0v) is 22.1. The van der Waals surface area contributed by atoms with Crippen LogP contribution in [0.25, 0.3) is 0 Å². The molecule has 33 heavy (non-hydrogen) atoms. The minimum atomic E-state index is -0.0946. The highest BCUT2D eigenvalue weighted by Gasteiger charge is 2.27. The highest BCUT2D eigenvalue weighted by molar-refractivity contribution is 14.1. The van der Waals surface area contributed by atoms with Gasteiger partial charge in [0.15, 0.2) is 0 Å². The van der Waals surface area contributed by atoms with E-state index in [9.17, 15) is 9.59 Å². The number of rotatable bonds is 10. The molecule has 0 fully saturated rings. The van der Waals surface area contributed by atoms with Gasteiger partial charge in [0.25, 0.3) is 5.91 Å². The maximum absolute atomic E-state index is 13.3. The molecule has 7 nitrogen and oxygen atoms in total. The Kier molecular flexibility index (Phi) is 9.10. The molecule has 2 N–H and O–H groups in total. The van der Waals surface area contributed by atoms with Crippen molar-refractivity contribution in [2.24, 2.45) is 0 Å². The molecule has 2 aromatic carbocycles. The molecule has 1 aliphatic rings. The van der Waals surface area contributed by atoms with Gasteiger partial charge in [0, 0.05) is 48.5 Å². The minimum Gasteiger partial charge on any atom is -0.353 e. The van der Waals surface area contributed by atoms with E-state index in [1.54, 1.807) is 5.01 Å². The molecular formula is C25H34IN5O2. The highest BCUT2D eigenvalue weighted by atomic mass is 127. The van der Waals surface area contributed by atoms with Gasteiger partial charge >= 0.3 is 0 Å². The number of anilines is 1. The quantitative estimate of drug-likeness (QED) is 0.344. The number of aryl methyl sites for hydroxylation is 1. The van der Waals surface area contributed by atoms with Crippen LogP contribution >= 0.6 is 22.6 Å². The Bertz CT molecular complexity index is 956. The summed E-state index contributed by atoms with van der Waals surface area (Å²) in [5.74, 6) is -0.141. The molecule has 3 rings (SSSR count). The van der Waals surface area contributed by atoms with Crippen molar-refractivity contribution in [3.63, 3.8) is 0 Å². The van der Waals surface area contributed by atoms with Crippen molar-refractivity contribution in [2.45, 2.75) is 39.9 Å². The fourth-order valence-corrected chi connectivity index (χ4v) is 4.37.